The van der Waals surface area contributed by atoms with Crippen molar-refractivity contribution in [1.29, 1.82) is 0 Å². The molecule has 0 bridgehead atoms. The Bertz CT molecular complexity index is 1250. The first-order valence-corrected chi connectivity index (χ1v) is 12.8. The van der Waals surface area contributed by atoms with Crippen LogP contribution in [-0.4, -0.2) is 52.4 Å². The number of rotatable bonds is 11. The Kier molecular flexibility index (Phi) is 8.22. The van der Waals surface area contributed by atoms with Crippen LogP contribution in [0.1, 0.15) is 38.6 Å². The molecule has 2 aromatic heterocycles. The summed E-state index contributed by atoms with van der Waals surface area (Å²) >= 11 is 0. The Morgan fingerprint density at radius 3 is 2.56 bits per heavy atom. The third-order valence-corrected chi connectivity index (χ3v) is 7.41. The van der Waals surface area contributed by atoms with E-state index in [0.29, 0.717) is 13.0 Å². The number of sulfonamides is 1. The van der Waals surface area contributed by atoms with E-state index in [4.69, 9.17) is 4.74 Å². The van der Waals surface area contributed by atoms with Crippen LogP contribution in [-0.2, 0) is 26.1 Å². The third-order valence-electron chi connectivity index (χ3n) is 5.52. The second-order valence-corrected chi connectivity index (χ2v) is 10.4. The van der Waals surface area contributed by atoms with E-state index in [-0.39, 0.29) is 24.0 Å². The van der Waals surface area contributed by atoms with Gasteiger partial charge in [0.25, 0.3) is 0 Å². The second kappa shape index (κ2) is 10.9. The number of nitrogens with zero attached hydrogens (tertiary/aromatic N) is 4. The van der Waals surface area contributed by atoms with Gasteiger partial charge >= 0.3 is 5.97 Å². The van der Waals surface area contributed by atoms with E-state index >= 15 is 0 Å². The maximum Gasteiger partial charge on any atom is 0.324 e. The summed E-state index contributed by atoms with van der Waals surface area (Å²) in [6, 6.07) is 7.65. The summed E-state index contributed by atoms with van der Waals surface area (Å²) in [4.78, 5) is 21.5. The molecule has 0 saturated carbocycles. The molecule has 8 nitrogen and oxygen atoms in total. The van der Waals surface area contributed by atoms with Crippen molar-refractivity contribution in [2.45, 2.75) is 51.6 Å². The van der Waals surface area contributed by atoms with Crippen LogP contribution < -0.4 is 0 Å². The SMILES string of the molecule is C=CCN([C@@H](CC(C)C)C(=O)OCC)S(=O)(=O)c1ccc(Cn2c(C)nc3ccncc32)cc1. The molecule has 0 fully saturated rings. The predicted octanol–water partition coefficient (Wildman–Crippen LogP) is 3.94. The van der Waals surface area contributed by atoms with Gasteiger partial charge in [0.1, 0.15) is 11.9 Å². The number of imidazole rings is 1. The number of benzene rings is 1. The monoisotopic (exact) mass is 484 g/mol. The first-order valence-electron chi connectivity index (χ1n) is 11.3. The van der Waals surface area contributed by atoms with Crippen molar-refractivity contribution in [3.05, 3.63) is 66.8 Å². The minimum atomic E-state index is -3.96. The number of aromatic nitrogens is 3. The highest BCUT2D eigenvalue weighted by molar-refractivity contribution is 7.89. The van der Waals surface area contributed by atoms with Crippen molar-refractivity contribution in [3.63, 3.8) is 0 Å². The normalized spacial score (nSPS) is 12.9. The van der Waals surface area contributed by atoms with Crippen molar-refractivity contribution in [2.75, 3.05) is 13.2 Å². The van der Waals surface area contributed by atoms with Crippen molar-refractivity contribution in [2.24, 2.45) is 5.92 Å². The van der Waals surface area contributed by atoms with Crippen molar-refractivity contribution >= 4 is 27.0 Å². The van der Waals surface area contributed by atoms with Crippen LogP contribution >= 0.6 is 0 Å². The molecule has 34 heavy (non-hydrogen) atoms. The van der Waals surface area contributed by atoms with Crippen LogP contribution in [0.4, 0.5) is 0 Å². The summed E-state index contributed by atoms with van der Waals surface area (Å²) in [7, 11) is -3.96. The fourth-order valence-electron chi connectivity index (χ4n) is 3.91. The topological polar surface area (TPSA) is 94.4 Å². The van der Waals surface area contributed by atoms with Gasteiger partial charge in [-0.2, -0.15) is 4.31 Å². The molecule has 1 atom stereocenters. The molecule has 3 rings (SSSR count). The van der Waals surface area contributed by atoms with Gasteiger partial charge in [0.05, 0.1) is 28.7 Å². The highest BCUT2D eigenvalue weighted by Gasteiger charge is 2.36. The van der Waals surface area contributed by atoms with E-state index in [0.717, 1.165) is 22.4 Å². The Morgan fingerprint density at radius 1 is 1.24 bits per heavy atom. The molecular weight excluding hydrogens is 452 g/mol. The van der Waals surface area contributed by atoms with Crippen LogP contribution in [0.5, 0.6) is 0 Å². The largest absolute Gasteiger partial charge is 0.465 e. The number of aryl methyl sites for hydroxylation is 1. The summed E-state index contributed by atoms with van der Waals surface area (Å²) in [6.07, 6.45) is 5.31. The van der Waals surface area contributed by atoms with Gasteiger partial charge < -0.3 is 9.30 Å². The molecule has 182 valence electrons. The van der Waals surface area contributed by atoms with Gasteiger partial charge in [0, 0.05) is 19.3 Å². The van der Waals surface area contributed by atoms with Gasteiger partial charge in [-0.1, -0.05) is 32.1 Å². The van der Waals surface area contributed by atoms with Crippen LogP contribution in [0.2, 0.25) is 0 Å². The zero-order chi connectivity index (χ0) is 24.9. The number of carbonyl (C=O) groups is 1. The zero-order valence-corrected chi connectivity index (χ0v) is 21.0. The summed E-state index contributed by atoms with van der Waals surface area (Å²) in [5.41, 5.74) is 2.70. The molecule has 3 aromatic rings. The van der Waals surface area contributed by atoms with E-state index in [1.54, 1.807) is 43.6 Å². The highest BCUT2D eigenvalue weighted by Crippen LogP contribution is 2.24. The third kappa shape index (κ3) is 5.53. The fraction of sp³-hybridized carbons (Fsp3) is 0.400. The highest BCUT2D eigenvalue weighted by atomic mass is 32.2. The Morgan fingerprint density at radius 2 is 1.94 bits per heavy atom. The lowest BCUT2D eigenvalue weighted by molar-refractivity contribution is -0.148. The average Bonchev–Trinajstić information content (AvgIpc) is 3.11. The molecule has 9 heteroatoms. The molecular formula is C25H32N4O4S. The Balaban J connectivity index is 1.91. The molecule has 0 radical (unpaired) electrons. The van der Waals surface area contributed by atoms with Crippen LogP contribution in [0.15, 0.2) is 60.3 Å². The van der Waals surface area contributed by atoms with Crippen LogP contribution in [0, 0.1) is 12.8 Å². The molecule has 0 saturated heterocycles. The lowest BCUT2D eigenvalue weighted by Gasteiger charge is -2.29. The van der Waals surface area contributed by atoms with E-state index < -0.39 is 22.0 Å². The maximum atomic E-state index is 13.6. The minimum absolute atomic E-state index is 0.00745. The molecule has 0 unspecified atom stereocenters. The quantitative estimate of drug-likeness (QED) is 0.302. The summed E-state index contributed by atoms with van der Waals surface area (Å²) in [6.45, 7) is 11.9. The maximum absolute atomic E-state index is 13.6. The molecule has 2 heterocycles. The van der Waals surface area contributed by atoms with Crippen LogP contribution in [0.25, 0.3) is 11.0 Å². The second-order valence-electron chi connectivity index (χ2n) is 8.51. The van der Waals surface area contributed by atoms with Gasteiger partial charge in [-0.15, -0.1) is 6.58 Å². The van der Waals surface area contributed by atoms with Crippen molar-refractivity contribution in [1.82, 2.24) is 18.8 Å². The smallest absolute Gasteiger partial charge is 0.324 e. The lowest BCUT2D eigenvalue weighted by atomic mass is 10.0. The standard InChI is InChI=1S/C25H32N4O4S/c1-6-14-29(23(15-18(3)4)25(30)33-7-2)34(31,32)21-10-8-20(9-11-21)17-28-19(5)27-22-12-13-26-16-24(22)28/h6,8-13,16,18,23H,1,7,14-15,17H2,2-5H3/t23-/m0/s1. The molecule has 0 N–H and O–H groups in total. The van der Waals surface area contributed by atoms with E-state index in [2.05, 4.69) is 16.5 Å². The van der Waals surface area contributed by atoms with Crippen molar-refractivity contribution < 1.29 is 17.9 Å². The van der Waals surface area contributed by atoms with Gasteiger partial charge in [0.15, 0.2) is 0 Å². The first-order chi connectivity index (χ1) is 16.2. The Hall–Kier alpha value is -3.04. The van der Waals surface area contributed by atoms with Gasteiger partial charge in [0.2, 0.25) is 10.0 Å². The molecule has 0 aliphatic carbocycles. The number of fused-ring (bicyclic) bond motifs is 1. The minimum Gasteiger partial charge on any atom is -0.465 e. The number of ether oxygens (including phenoxy) is 1. The molecule has 0 aliphatic heterocycles. The lowest BCUT2D eigenvalue weighted by Crippen LogP contribution is -2.46. The first kappa shape index (κ1) is 25.6. The van der Waals surface area contributed by atoms with Gasteiger partial charge in [-0.25, -0.2) is 13.4 Å². The summed E-state index contributed by atoms with van der Waals surface area (Å²) in [5.74, 6) is 0.402. The molecule has 0 aliphatic rings. The van der Waals surface area contributed by atoms with E-state index in [9.17, 15) is 13.2 Å². The molecule has 0 amide bonds. The summed E-state index contributed by atoms with van der Waals surface area (Å²) < 4.78 is 35.5. The van der Waals surface area contributed by atoms with E-state index in [1.165, 1.54) is 10.4 Å². The van der Waals surface area contributed by atoms with Gasteiger partial charge in [-0.3, -0.25) is 9.78 Å². The number of hydrogen-bond acceptors (Lipinski definition) is 6. The zero-order valence-electron chi connectivity index (χ0n) is 20.1. The average molecular weight is 485 g/mol. The Labute approximate surface area is 201 Å². The molecule has 0 spiro atoms. The van der Waals surface area contributed by atoms with Crippen LogP contribution in [0.3, 0.4) is 0 Å². The van der Waals surface area contributed by atoms with Gasteiger partial charge in [-0.05, 0) is 49.9 Å². The van der Waals surface area contributed by atoms with E-state index in [1.807, 2.05) is 31.4 Å². The fourth-order valence-corrected chi connectivity index (χ4v) is 5.47. The number of pyridine rings is 1. The predicted molar refractivity (Wildman–Crippen MR) is 132 cm³/mol. The molecule has 1 aromatic carbocycles. The van der Waals surface area contributed by atoms with Crippen molar-refractivity contribution in [3.8, 4) is 0 Å². The summed E-state index contributed by atoms with van der Waals surface area (Å²) in [5, 5.41) is 0. The number of carbonyl (C=O) groups excluding carboxylic acids is 1. The number of hydrogen-bond donors (Lipinski definition) is 0. The number of esters is 1.